The Kier molecular flexibility index (Phi) is 4.00. The maximum absolute atomic E-state index is 12.8. The quantitative estimate of drug-likeness (QED) is 0.588. The summed E-state index contributed by atoms with van der Waals surface area (Å²) in [5.41, 5.74) is 0.953. The Bertz CT molecular complexity index is 1060. The molecule has 0 aliphatic carbocycles. The maximum Gasteiger partial charge on any atom is 0.283 e. The fourth-order valence-corrected chi connectivity index (χ4v) is 5.07. The van der Waals surface area contributed by atoms with Crippen molar-refractivity contribution in [2.45, 2.75) is 4.75 Å². The molecule has 0 saturated heterocycles. The van der Waals surface area contributed by atoms with Gasteiger partial charge in [-0.3, -0.25) is 4.55 Å². The van der Waals surface area contributed by atoms with Crippen LogP contribution in [0.5, 0.6) is 11.5 Å². The molecule has 1 aliphatic rings. The van der Waals surface area contributed by atoms with Gasteiger partial charge in [0.2, 0.25) is 0 Å². The second-order valence-electron chi connectivity index (χ2n) is 5.91. The lowest BCUT2D eigenvalue weighted by Gasteiger charge is -2.38. The van der Waals surface area contributed by atoms with Crippen molar-refractivity contribution in [3.8, 4) is 11.5 Å². The predicted octanol–water partition coefficient (Wildman–Crippen LogP) is 5.28. The number of hydrogen-bond donors (Lipinski definition) is 1. The third-order valence-electron chi connectivity index (χ3n) is 4.43. The van der Waals surface area contributed by atoms with Crippen LogP contribution < -0.4 is 4.74 Å². The Morgan fingerprint density at radius 2 is 1.31 bits per heavy atom. The van der Waals surface area contributed by atoms with E-state index in [1.807, 2.05) is 0 Å². The first-order chi connectivity index (χ1) is 12.3. The van der Waals surface area contributed by atoms with E-state index in [4.69, 9.17) is 27.9 Å². The van der Waals surface area contributed by atoms with Crippen molar-refractivity contribution in [2.24, 2.45) is 0 Å². The van der Waals surface area contributed by atoms with Gasteiger partial charge in [0.25, 0.3) is 10.1 Å². The van der Waals surface area contributed by atoms with Crippen LogP contribution in [0.1, 0.15) is 16.7 Å². The lowest BCUT2D eigenvalue weighted by atomic mass is 9.81. The Hall–Kier alpha value is -2.05. The van der Waals surface area contributed by atoms with Gasteiger partial charge in [-0.15, -0.1) is 0 Å². The van der Waals surface area contributed by atoms with Crippen molar-refractivity contribution in [2.75, 3.05) is 0 Å². The van der Waals surface area contributed by atoms with Crippen LogP contribution in [-0.4, -0.2) is 13.0 Å². The fraction of sp³-hybridized carbons (Fsp3) is 0.0526. The molecular weight excluding hydrogens is 395 g/mol. The SMILES string of the molecule is O=S(=O)(O)C1(c2ccccc2)c2ccc(Cl)cc2Oc2cc(Cl)ccc21. The summed E-state index contributed by atoms with van der Waals surface area (Å²) in [6.45, 7) is 0. The summed E-state index contributed by atoms with van der Waals surface area (Å²) >= 11 is 12.1. The molecule has 1 N–H and O–H groups in total. The van der Waals surface area contributed by atoms with E-state index in [-0.39, 0.29) is 22.6 Å². The normalized spacial score (nSPS) is 14.9. The van der Waals surface area contributed by atoms with Crippen LogP contribution in [0.2, 0.25) is 10.0 Å². The molecule has 3 aromatic carbocycles. The highest BCUT2D eigenvalue weighted by Gasteiger charge is 2.53. The highest BCUT2D eigenvalue weighted by molar-refractivity contribution is 7.87. The molecule has 0 atom stereocenters. The molecular formula is C19H12Cl2O4S. The Morgan fingerprint density at radius 3 is 1.77 bits per heavy atom. The standard InChI is InChI=1S/C19H12Cl2O4S/c20-13-6-8-15-17(10-13)25-18-11-14(21)7-9-16(18)19(15,26(22,23)24)12-4-2-1-3-5-12/h1-11H,(H,22,23,24). The minimum absolute atomic E-state index is 0.244. The number of fused-ring (bicyclic) bond motifs is 2. The molecule has 4 nitrogen and oxygen atoms in total. The first-order valence-electron chi connectivity index (χ1n) is 7.64. The summed E-state index contributed by atoms with van der Waals surface area (Å²) in [7, 11) is -4.66. The zero-order valence-electron chi connectivity index (χ0n) is 13.2. The van der Waals surface area contributed by atoms with E-state index >= 15 is 0 Å². The lowest BCUT2D eigenvalue weighted by Crippen LogP contribution is -2.40. The van der Waals surface area contributed by atoms with Gasteiger partial charge in [-0.1, -0.05) is 65.7 Å². The van der Waals surface area contributed by atoms with Gasteiger partial charge in [-0.25, -0.2) is 0 Å². The van der Waals surface area contributed by atoms with Gasteiger partial charge < -0.3 is 4.74 Å². The third kappa shape index (κ3) is 2.43. The maximum atomic E-state index is 12.8. The third-order valence-corrected chi connectivity index (χ3v) is 6.35. The van der Waals surface area contributed by atoms with Gasteiger partial charge in [0, 0.05) is 21.2 Å². The molecule has 0 aromatic heterocycles. The first-order valence-corrected chi connectivity index (χ1v) is 9.84. The van der Waals surface area contributed by atoms with Gasteiger partial charge in [0.15, 0.2) is 4.75 Å². The summed E-state index contributed by atoms with van der Waals surface area (Å²) in [5, 5.41) is 0.762. The van der Waals surface area contributed by atoms with Crippen molar-refractivity contribution < 1.29 is 17.7 Å². The van der Waals surface area contributed by atoms with E-state index in [0.29, 0.717) is 15.6 Å². The van der Waals surface area contributed by atoms with E-state index < -0.39 is 14.9 Å². The Balaban J connectivity index is 2.21. The molecule has 0 unspecified atom stereocenters. The number of benzene rings is 3. The molecule has 0 fully saturated rings. The van der Waals surface area contributed by atoms with E-state index in [9.17, 15) is 13.0 Å². The van der Waals surface area contributed by atoms with E-state index in [1.165, 1.54) is 12.1 Å². The highest BCUT2D eigenvalue weighted by atomic mass is 35.5. The van der Waals surface area contributed by atoms with E-state index in [2.05, 4.69) is 0 Å². The van der Waals surface area contributed by atoms with Gasteiger partial charge in [-0.2, -0.15) is 8.42 Å². The van der Waals surface area contributed by atoms with Crippen LogP contribution in [0.3, 0.4) is 0 Å². The molecule has 0 amide bonds. The zero-order valence-corrected chi connectivity index (χ0v) is 15.5. The second kappa shape index (κ2) is 5.99. The monoisotopic (exact) mass is 406 g/mol. The zero-order chi connectivity index (χ0) is 18.5. The molecule has 0 saturated carbocycles. The molecule has 0 radical (unpaired) electrons. The number of halogens is 2. The van der Waals surface area contributed by atoms with Crippen molar-refractivity contribution in [3.63, 3.8) is 0 Å². The Labute approximate surface area is 160 Å². The molecule has 1 aliphatic heterocycles. The van der Waals surface area contributed by atoms with Crippen LogP contribution in [0.4, 0.5) is 0 Å². The van der Waals surface area contributed by atoms with Gasteiger partial charge in [-0.05, 0) is 29.8 Å². The lowest BCUT2D eigenvalue weighted by molar-refractivity contribution is 0.417. The molecule has 26 heavy (non-hydrogen) atoms. The van der Waals surface area contributed by atoms with Gasteiger partial charge in [0.05, 0.1) is 0 Å². The average Bonchev–Trinajstić information content (AvgIpc) is 2.59. The summed E-state index contributed by atoms with van der Waals surface area (Å²) < 4.78 is 40.1. The summed E-state index contributed by atoms with van der Waals surface area (Å²) in [6, 6.07) is 17.8. The van der Waals surface area contributed by atoms with Crippen LogP contribution in [0.15, 0.2) is 66.7 Å². The largest absolute Gasteiger partial charge is 0.457 e. The molecule has 7 heteroatoms. The van der Waals surface area contributed by atoms with Gasteiger partial charge >= 0.3 is 0 Å². The molecule has 4 rings (SSSR count). The Morgan fingerprint density at radius 1 is 0.808 bits per heavy atom. The van der Waals surface area contributed by atoms with E-state index in [0.717, 1.165) is 0 Å². The minimum Gasteiger partial charge on any atom is -0.457 e. The summed E-state index contributed by atoms with van der Waals surface area (Å²) in [5.74, 6) is 0.488. The average molecular weight is 407 g/mol. The molecule has 3 aromatic rings. The van der Waals surface area contributed by atoms with Crippen molar-refractivity contribution in [1.29, 1.82) is 0 Å². The van der Waals surface area contributed by atoms with Crippen LogP contribution >= 0.6 is 23.2 Å². The van der Waals surface area contributed by atoms with Crippen LogP contribution in [0, 0.1) is 0 Å². The number of hydrogen-bond acceptors (Lipinski definition) is 3. The van der Waals surface area contributed by atoms with Crippen molar-refractivity contribution in [3.05, 3.63) is 93.5 Å². The molecule has 1 heterocycles. The van der Waals surface area contributed by atoms with Crippen LogP contribution in [0.25, 0.3) is 0 Å². The molecule has 0 spiro atoms. The summed E-state index contributed by atoms with van der Waals surface area (Å²) in [6.07, 6.45) is 0. The van der Waals surface area contributed by atoms with Crippen molar-refractivity contribution in [1.82, 2.24) is 0 Å². The van der Waals surface area contributed by atoms with Crippen molar-refractivity contribution >= 4 is 33.3 Å². The smallest absolute Gasteiger partial charge is 0.283 e. The predicted molar refractivity (Wildman–Crippen MR) is 101 cm³/mol. The molecule has 132 valence electrons. The fourth-order valence-electron chi connectivity index (χ4n) is 3.42. The molecule has 0 bridgehead atoms. The highest BCUT2D eigenvalue weighted by Crippen LogP contribution is 2.55. The van der Waals surface area contributed by atoms with Crippen LogP contribution in [-0.2, 0) is 14.9 Å². The first kappa shape index (κ1) is 17.4. The summed E-state index contributed by atoms with van der Waals surface area (Å²) in [4.78, 5) is 0. The second-order valence-corrected chi connectivity index (χ2v) is 8.34. The minimum atomic E-state index is -4.66. The number of rotatable bonds is 2. The van der Waals surface area contributed by atoms with Gasteiger partial charge in [0.1, 0.15) is 11.5 Å². The topological polar surface area (TPSA) is 63.6 Å². The number of ether oxygens (including phenoxy) is 1. The van der Waals surface area contributed by atoms with E-state index in [1.54, 1.807) is 54.6 Å².